The molecule has 0 spiro atoms. The summed E-state index contributed by atoms with van der Waals surface area (Å²) in [6.45, 7) is 1.99. The molecule has 1 unspecified atom stereocenters. The highest BCUT2D eigenvalue weighted by molar-refractivity contribution is 7.10. The molecule has 2 heterocycles. The summed E-state index contributed by atoms with van der Waals surface area (Å²) in [6.07, 6.45) is 2.75. The van der Waals surface area contributed by atoms with Crippen LogP contribution in [0.15, 0.2) is 29.9 Å². The largest absolute Gasteiger partial charge is 0.320 e. The predicted molar refractivity (Wildman–Crippen MR) is 59.3 cm³/mol. The van der Waals surface area contributed by atoms with Crippen molar-refractivity contribution >= 4 is 11.3 Å². The van der Waals surface area contributed by atoms with Gasteiger partial charge in [0.15, 0.2) is 0 Å². The molecule has 1 atom stereocenters. The standard InChI is InChI=1S/C11H11FN2S/c1-7-8(3-5-15-7)11(13)9-2-4-14-6-10(9)12/h2-6,11H,13H2,1H3. The molecule has 0 saturated carbocycles. The molecule has 78 valence electrons. The van der Waals surface area contributed by atoms with Gasteiger partial charge in [0.25, 0.3) is 0 Å². The molecule has 0 aliphatic rings. The zero-order valence-electron chi connectivity index (χ0n) is 8.27. The van der Waals surface area contributed by atoms with Crippen molar-refractivity contribution in [1.29, 1.82) is 0 Å². The summed E-state index contributed by atoms with van der Waals surface area (Å²) < 4.78 is 13.4. The van der Waals surface area contributed by atoms with Gasteiger partial charge in [-0.1, -0.05) is 0 Å². The second-order valence-corrected chi connectivity index (χ2v) is 4.43. The maximum atomic E-state index is 13.4. The molecule has 0 bridgehead atoms. The highest BCUT2D eigenvalue weighted by Gasteiger charge is 2.15. The van der Waals surface area contributed by atoms with Gasteiger partial charge in [-0.3, -0.25) is 4.98 Å². The zero-order valence-corrected chi connectivity index (χ0v) is 9.09. The van der Waals surface area contributed by atoms with Gasteiger partial charge < -0.3 is 5.73 Å². The van der Waals surface area contributed by atoms with E-state index in [1.807, 2.05) is 18.4 Å². The number of rotatable bonds is 2. The number of nitrogens with zero attached hydrogens (tertiary/aromatic N) is 1. The number of hydrogen-bond acceptors (Lipinski definition) is 3. The first kappa shape index (κ1) is 10.3. The van der Waals surface area contributed by atoms with Crippen molar-refractivity contribution in [1.82, 2.24) is 4.98 Å². The first-order valence-electron chi connectivity index (χ1n) is 4.59. The minimum absolute atomic E-state index is 0.351. The van der Waals surface area contributed by atoms with Crippen LogP contribution < -0.4 is 5.73 Å². The average molecular weight is 222 g/mol. The minimum Gasteiger partial charge on any atom is -0.320 e. The smallest absolute Gasteiger partial charge is 0.146 e. The molecule has 0 fully saturated rings. The van der Waals surface area contributed by atoms with Gasteiger partial charge in [0, 0.05) is 16.6 Å². The topological polar surface area (TPSA) is 38.9 Å². The van der Waals surface area contributed by atoms with Gasteiger partial charge in [-0.05, 0) is 30.0 Å². The Hall–Kier alpha value is -1.26. The summed E-state index contributed by atoms with van der Waals surface area (Å²) in [5.41, 5.74) is 7.47. The van der Waals surface area contributed by atoms with Crippen LogP contribution >= 0.6 is 11.3 Å². The SMILES string of the molecule is Cc1sccc1C(N)c1ccncc1F. The third kappa shape index (κ3) is 1.91. The van der Waals surface area contributed by atoms with Gasteiger partial charge in [-0.2, -0.15) is 0 Å². The quantitative estimate of drug-likeness (QED) is 0.848. The van der Waals surface area contributed by atoms with Crippen LogP contribution in [0, 0.1) is 12.7 Å². The van der Waals surface area contributed by atoms with Crippen LogP contribution in [0.25, 0.3) is 0 Å². The van der Waals surface area contributed by atoms with E-state index in [9.17, 15) is 4.39 Å². The highest BCUT2D eigenvalue weighted by Crippen LogP contribution is 2.27. The maximum absolute atomic E-state index is 13.4. The summed E-state index contributed by atoms with van der Waals surface area (Å²) in [5, 5.41) is 1.96. The molecule has 0 amide bonds. The number of hydrogen-bond donors (Lipinski definition) is 1. The van der Waals surface area contributed by atoms with E-state index in [4.69, 9.17) is 5.73 Å². The lowest BCUT2D eigenvalue weighted by Gasteiger charge is -2.12. The van der Waals surface area contributed by atoms with E-state index in [1.54, 1.807) is 23.6 Å². The van der Waals surface area contributed by atoms with E-state index in [0.717, 1.165) is 10.4 Å². The van der Waals surface area contributed by atoms with Crippen molar-refractivity contribution in [3.63, 3.8) is 0 Å². The third-order valence-corrected chi connectivity index (χ3v) is 3.23. The second-order valence-electron chi connectivity index (χ2n) is 3.31. The lowest BCUT2D eigenvalue weighted by atomic mass is 10.0. The molecule has 0 aromatic carbocycles. The number of thiophene rings is 1. The van der Waals surface area contributed by atoms with Crippen LogP contribution in [-0.4, -0.2) is 4.98 Å². The summed E-state index contributed by atoms with van der Waals surface area (Å²) in [4.78, 5) is 4.83. The fourth-order valence-electron chi connectivity index (χ4n) is 1.52. The van der Waals surface area contributed by atoms with Crippen molar-refractivity contribution < 1.29 is 4.39 Å². The summed E-state index contributed by atoms with van der Waals surface area (Å²) in [7, 11) is 0. The number of aryl methyl sites for hydroxylation is 1. The average Bonchev–Trinajstić information content (AvgIpc) is 2.64. The summed E-state index contributed by atoms with van der Waals surface area (Å²) >= 11 is 1.62. The molecule has 15 heavy (non-hydrogen) atoms. The van der Waals surface area contributed by atoms with Crippen LogP contribution in [0.2, 0.25) is 0 Å². The lowest BCUT2D eigenvalue weighted by Crippen LogP contribution is -2.13. The molecular weight excluding hydrogens is 211 g/mol. The van der Waals surface area contributed by atoms with Gasteiger partial charge in [0.2, 0.25) is 0 Å². The Morgan fingerprint density at radius 3 is 2.80 bits per heavy atom. The Balaban J connectivity index is 2.41. The molecule has 2 rings (SSSR count). The first-order valence-corrected chi connectivity index (χ1v) is 5.47. The highest BCUT2D eigenvalue weighted by atomic mass is 32.1. The normalized spacial score (nSPS) is 12.7. The van der Waals surface area contributed by atoms with Crippen LogP contribution in [0.3, 0.4) is 0 Å². The van der Waals surface area contributed by atoms with Crippen molar-refractivity contribution in [3.8, 4) is 0 Å². The molecule has 0 aliphatic heterocycles. The Labute approximate surface area is 91.6 Å². The molecule has 2 nitrogen and oxygen atoms in total. The van der Waals surface area contributed by atoms with Gasteiger partial charge >= 0.3 is 0 Å². The van der Waals surface area contributed by atoms with Gasteiger partial charge in [0.1, 0.15) is 5.82 Å². The fraction of sp³-hybridized carbons (Fsp3) is 0.182. The number of pyridine rings is 1. The predicted octanol–water partition coefficient (Wildman–Crippen LogP) is 2.64. The minimum atomic E-state index is -0.403. The maximum Gasteiger partial charge on any atom is 0.146 e. The Morgan fingerprint density at radius 2 is 2.20 bits per heavy atom. The van der Waals surface area contributed by atoms with E-state index in [0.29, 0.717) is 5.56 Å². The number of nitrogens with two attached hydrogens (primary N) is 1. The Bertz CT molecular complexity index is 467. The van der Waals surface area contributed by atoms with Gasteiger partial charge in [-0.25, -0.2) is 4.39 Å². The Kier molecular flexibility index (Phi) is 2.79. The summed E-state index contributed by atoms with van der Waals surface area (Å²) in [6, 6.07) is 3.15. The van der Waals surface area contributed by atoms with E-state index in [1.165, 1.54) is 6.20 Å². The van der Waals surface area contributed by atoms with E-state index in [2.05, 4.69) is 4.98 Å². The van der Waals surface area contributed by atoms with E-state index >= 15 is 0 Å². The molecular formula is C11H11FN2S. The molecule has 2 aromatic heterocycles. The molecule has 2 N–H and O–H groups in total. The molecule has 0 aliphatic carbocycles. The van der Waals surface area contributed by atoms with Crippen LogP contribution in [0.4, 0.5) is 4.39 Å². The van der Waals surface area contributed by atoms with E-state index in [-0.39, 0.29) is 5.82 Å². The van der Waals surface area contributed by atoms with Crippen molar-refractivity contribution in [3.05, 3.63) is 51.7 Å². The first-order chi connectivity index (χ1) is 7.20. The molecule has 0 radical (unpaired) electrons. The van der Waals surface area contributed by atoms with E-state index < -0.39 is 6.04 Å². The monoisotopic (exact) mass is 222 g/mol. The Morgan fingerprint density at radius 1 is 1.40 bits per heavy atom. The van der Waals surface area contributed by atoms with Crippen LogP contribution in [0.5, 0.6) is 0 Å². The lowest BCUT2D eigenvalue weighted by molar-refractivity contribution is 0.593. The second kappa shape index (κ2) is 4.08. The fourth-order valence-corrected chi connectivity index (χ4v) is 2.27. The van der Waals surface area contributed by atoms with Gasteiger partial charge in [0.05, 0.1) is 12.2 Å². The number of halogens is 1. The van der Waals surface area contributed by atoms with Crippen LogP contribution in [-0.2, 0) is 0 Å². The number of aromatic nitrogens is 1. The van der Waals surface area contributed by atoms with Crippen molar-refractivity contribution in [2.45, 2.75) is 13.0 Å². The third-order valence-electron chi connectivity index (χ3n) is 2.37. The zero-order chi connectivity index (χ0) is 10.8. The molecule has 4 heteroatoms. The van der Waals surface area contributed by atoms with Crippen molar-refractivity contribution in [2.24, 2.45) is 5.73 Å². The van der Waals surface area contributed by atoms with Crippen LogP contribution in [0.1, 0.15) is 22.0 Å². The summed E-state index contributed by atoms with van der Waals surface area (Å²) in [5.74, 6) is -0.351. The van der Waals surface area contributed by atoms with Crippen molar-refractivity contribution in [2.75, 3.05) is 0 Å². The van der Waals surface area contributed by atoms with Gasteiger partial charge in [-0.15, -0.1) is 11.3 Å². The molecule has 2 aromatic rings. The molecule has 0 saturated heterocycles.